The third kappa shape index (κ3) is 5.73. The van der Waals surface area contributed by atoms with Gasteiger partial charge in [0.15, 0.2) is 0 Å². The van der Waals surface area contributed by atoms with Crippen molar-refractivity contribution in [2.75, 3.05) is 45.2 Å². The van der Waals surface area contributed by atoms with E-state index in [0.29, 0.717) is 18.4 Å². The molecule has 0 radical (unpaired) electrons. The summed E-state index contributed by atoms with van der Waals surface area (Å²) in [5.74, 6) is 0.395. The SMILES string of the molecule is C[C@H](c1ccccc1)N1C[C@@H](COCc2ccccc2)Oc2cc(N3CC[C@@H](N(C)C)C3)ccc2S1(=O)=O. The Hall–Kier alpha value is -2.91. The van der Waals surface area contributed by atoms with Crippen LogP contribution >= 0.6 is 0 Å². The van der Waals surface area contributed by atoms with Crippen molar-refractivity contribution in [1.82, 2.24) is 9.21 Å². The minimum atomic E-state index is -3.82. The fraction of sp³-hybridized carbons (Fsp3) is 0.400. The zero-order chi connectivity index (χ0) is 26.7. The third-order valence-electron chi connectivity index (χ3n) is 7.58. The minimum Gasteiger partial charge on any atom is -0.485 e. The molecule has 2 heterocycles. The number of rotatable bonds is 8. The Morgan fingerprint density at radius 1 is 1.00 bits per heavy atom. The van der Waals surface area contributed by atoms with Crippen molar-refractivity contribution >= 4 is 15.7 Å². The Kier molecular flexibility index (Phi) is 8.04. The molecule has 0 aliphatic carbocycles. The smallest absolute Gasteiger partial charge is 0.247 e. The second kappa shape index (κ2) is 11.5. The third-order valence-corrected chi connectivity index (χ3v) is 9.56. The first-order chi connectivity index (χ1) is 18.3. The molecule has 3 aromatic rings. The topological polar surface area (TPSA) is 62.3 Å². The molecule has 3 atom stereocenters. The summed E-state index contributed by atoms with van der Waals surface area (Å²) in [6, 6.07) is 25.3. The molecule has 2 aliphatic heterocycles. The average molecular weight is 536 g/mol. The van der Waals surface area contributed by atoms with Crippen molar-refractivity contribution in [2.45, 2.75) is 43.0 Å². The summed E-state index contributed by atoms with van der Waals surface area (Å²) in [6.45, 7) is 4.67. The maximum atomic E-state index is 14.0. The zero-order valence-corrected chi connectivity index (χ0v) is 23.2. The normalized spacial score (nSPS) is 22.1. The predicted molar refractivity (Wildman–Crippen MR) is 150 cm³/mol. The molecule has 5 rings (SSSR count). The Morgan fingerprint density at radius 3 is 2.39 bits per heavy atom. The summed E-state index contributed by atoms with van der Waals surface area (Å²) < 4.78 is 42.1. The van der Waals surface area contributed by atoms with Crippen LogP contribution in [0.1, 0.15) is 30.5 Å². The first kappa shape index (κ1) is 26.7. The second-order valence-corrected chi connectivity index (χ2v) is 12.2. The molecule has 8 heteroatoms. The zero-order valence-electron chi connectivity index (χ0n) is 22.4. The van der Waals surface area contributed by atoms with Gasteiger partial charge in [0.1, 0.15) is 16.7 Å². The number of likely N-dealkylation sites (N-methyl/N-ethyl adjacent to an activating group) is 1. The van der Waals surface area contributed by atoms with Crippen LogP contribution in [0.25, 0.3) is 0 Å². The van der Waals surface area contributed by atoms with Gasteiger partial charge in [-0.3, -0.25) is 0 Å². The number of sulfonamides is 1. The molecule has 3 aromatic carbocycles. The number of fused-ring (bicyclic) bond motifs is 1. The quantitative estimate of drug-likeness (QED) is 0.422. The highest BCUT2D eigenvalue weighted by Gasteiger charge is 2.38. The van der Waals surface area contributed by atoms with Gasteiger partial charge in [-0.05, 0) is 50.7 Å². The Balaban J connectivity index is 1.44. The molecule has 0 N–H and O–H groups in total. The van der Waals surface area contributed by atoms with Gasteiger partial charge in [0.25, 0.3) is 0 Å². The lowest BCUT2D eigenvalue weighted by Crippen LogP contribution is -2.40. The van der Waals surface area contributed by atoms with E-state index in [9.17, 15) is 8.42 Å². The van der Waals surface area contributed by atoms with Gasteiger partial charge in [0.2, 0.25) is 10.0 Å². The van der Waals surface area contributed by atoms with Gasteiger partial charge in [-0.1, -0.05) is 60.7 Å². The van der Waals surface area contributed by atoms with Gasteiger partial charge >= 0.3 is 0 Å². The molecule has 1 fully saturated rings. The molecule has 0 amide bonds. The predicted octanol–water partition coefficient (Wildman–Crippen LogP) is 4.56. The monoisotopic (exact) mass is 535 g/mol. The maximum Gasteiger partial charge on any atom is 0.247 e. The van der Waals surface area contributed by atoms with E-state index in [1.807, 2.05) is 79.7 Å². The molecule has 0 saturated carbocycles. The van der Waals surface area contributed by atoms with Crippen molar-refractivity contribution in [2.24, 2.45) is 0 Å². The van der Waals surface area contributed by atoms with Crippen LogP contribution in [0, 0.1) is 0 Å². The molecule has 1 saturated heterocycles. The number of nitrogens with zero attached hydrogens (tertiary/aromatic N) is 3. The van der Waals surface area contributed by atoms with Gasteiger partial charge in [-0.15, -0.1) is 0 Å². The largest absolute Gasteiger partial charge is 0.485 e. The Bertz CT molecular complexity index is 1320. The maximum absolute atomic E-state index is 14.0. The van der Waals surface area contributed by atoms with Crippen LogP contribution in [-0.4, -0.2) is 70.1 Å². The van der Waals surface area contributed by atoms with Crippen molar-refractivity contribution in [3.05, 3.63) is 90.0 Å². The molecule has 0 aromatic heterocycles. The highest BCUT2D eigenvalue weighted by molar-refractivity contribution is 7.89. The number of hydrogen-bond donors (Lipinski definition) is 0. The first-order valence-corrected chi connectivity index (χ1v) is 14.7. The lowest BCUT2D eigenvalue weighted by molar-refractivity contribution is 0.0313. The number of ether oxygens (including phenoxy) is 2. The van der Waals surface area contributed by atoms with Gasteiger partial charge in [0.05, 0.1) is 19.8 Å². The van der Waals surface area contributed by atoms with E-state index in [-0.39, 0.29) is 24.1 Å². The fourth-order valence-electron chi connectivity index (χ4n) is 5.27. The van der Waals surface area contributed by atoms with Crippen LogP contribution < -0.4 is 9.64 Å². The highest BCUT2D eigenvalue weighted by Crippen LogP contribution is 2.38. The standard InChI is InChI=1S/C30H37N3O4S/c1-23(25-12-8-5-9-13-25)33-20-28(22-36-21-24-10-6-4-7-11-24)37-29-18-26(14-15-30(29)38(33,34)35)32-17-16-27(19-32)31(2)3/h4-15,18,23,27-28H,16-17,19-22H2,1-3H3/t23-,27-,28+/m1/s1. The van der Waals surface area contributed by atoms with Crippen molar-refractivity contribution < 1.29 is 17.9 Å². The molecular weight excluding hydrogens is 498 g/mol. The van der Waals surface area contributed by atoms with Gasteiger partial charge in [-0.2, -0.15) is 4.31 Å². The van der Waals surface area contributed by atoms with Crippen LogP contribution in [0.3, 0.4) is 0 Å². The van der Waals surface area contributed by atoms with E-state index >= 15 is 0 Å². The summed E-state index contributed by atoms with van der Waals surface area (Å²) in [5, 5.41) is 0. The van der Waals surface area contributed by atoms with Gasteiger partial charge < -0.3 is 19.3 Å². The summed E-state index contributed by atoms with van der Waals surface area (Å²) in [5.41, 5.74) is 2.99. The van der Waals surface area contributed by atoms with Crippen LogP contribution in [-0.2, 0) is 21.4 Å². The highest BCUT2D eigenvalue weighted by atomic mass is 32.2. The second-order valence-electron chi connectivity index (χ2n) is 10.4. The van der Waals surface area contributed by atoms with Gasteiger partial charge in [0, 0.05) is 36.9 Å². The number of anilines is 1. The van der Waals surface area contributed by atoms with Gasteiger partial charge in [-0.25, -0.2) is 8.42 Å². The van der Waals surface area contributed by atoms with Crippen LogP contribution in [0.2, 0.25) is 0 Å². The van der Waals surface area contributed by atoms with E-state index in [1.165, 1.54) is 0 Å². The summed E-state index contributed by atoms with van der Waals surface area (Å²) in [7, 11) is 0.386. The van der Waals surface area contributed by atoms with E-state index in [4.69, 9.17) is 9.47 Å². The van der Waals surface area contributed by atoms with Crippen molar-refractivity contribution in [1.29, 1.82) is 0 Å². The van der Waals surface area contributed by atoms with E-state index in [0.717, 1.165) is 36.3 Å². The van der Waals surface area contributed by atoms with E-state index < -0.39 is 16.1 Å². The van der Waals surface area contributed by atoms with Crippen LogP contribution in [0.4, 0.5) is 5.69 Å². The molecule has 7 nitrogen and oxygen atoms in total. The molecule has 0 spiro atoms. The lowest BCUT2D eigenvalue weighted by atomic mass is 10.1. The number of benzene rings is 3. The molecule has 0 unspecified atom stereocenters. The van der Waals surface area contributed by atoms with E-state index in [2.05, 4.69) is 23.9 Å². The molecule has 0 bridgehead atoms. The van der Waals surface area contributed by atoms with Crippen LogP contribution in [0.15, 0.2) is 83.8 Å². The molecule has 2 aliphatic rings. The van der Waals surface area contributed by atoms with Crippen molar-refractivity contribution in [3.8, 4) is 5.75 Å². The van der Waals surface area contributed by atoms with Crippen molar-refractivity contribution in [3.63, 3.8) is 0 Å². The molecular formula is C30H37N3O4S. The molecule has 38 heavy (non-hydrogen) atoms. The molecule has 202 valence electrons. The average Bonchev–Trinajstić information content (AvgIpc) is 3.39. The van der Waals surface area contributed by atoms with E-state index in [1.54, 1.807) is 10.4 Å². The minimum absolute atomic E-state index is 0.198. The number of hydrogen-bond acceptors (Lipinski definition) is 6. The lowest BCUT2D eigenvalue weighted by Gasteiger charge is -2.29. The Morgan fingerprint density at radius 2 is 1.71 bits per heavy atom. The first-order valence-electron chi connectivity index (χ1n) is 13.2. The summed E-state index contributed by atoms with van der Waals surface area (Å²) in [6.07, 6.45) is 0.617. The Labute approximate surface area is 226 Å². The van der Waals surface area contributed by atoms with Crippen LogP contribution in [0.5, 0.6) is 5.75 Å². The summed E-state index contributed by atoms with van der Waals surface area (Å²) >= 11 is 0. The fourth-order valence-corrected chi connectivity index (χ4v) is 7.03. The summed E-state index contributed by atoms with van der Waals surface area (Å²) in [4.78, 5) is 4.75.